The lowest BCUT2D eigenvalue weighted by molar-refractivity contribution is -0.110. The Hall–Kier alpha value is -2.82. The number of carbonyl (C=O) groups is 1. The number of fused-ring (bicyclic) bond motifs is 1. The SMILES string of the molecule is O=C1Nc2ccccc2C1=Cc1cc(Cl)c(OCc2cccc(F)c2)c(Cl)c1. The molecular formula is C22H14Cl2FNO2. The topological polar surface area (TPSA) is 38.3 Å². The van der Waals surface area contributed by atoms with Gasteiger partial charge in [0.1, 0.15) is 12.4 Å². The van der Waals surface area contributed by atoms with Crippen molar-refractivity contribution in [2.45, 2.75) is 6.61 Å². The smallest absolute Gasteiger partial charge is 0.256 e. The lowest BCUT2D eigenvalue weighted by Crippen LogP contribution is -2.03. The van der Waals surface area contributed by atoms with E-state index in [2.05, 4.69) is 5.32 Å². The highest BCUT2D eigenvalue weighted by Gasteiger charge is 2.23. The molecule has 28 heavy (non-hydrogen) atoms. The molecule has 0 fully saturated rings. The standard InChI is InChI=1S/C22H14Cl2FNO2/c23-18-10-14(9-17-16-6-1-2-7-20(16)26-22(17)27)11-19(24)21(18)28-12-13-4-3-5-15(25)8-13/h1-11H,12H2,(H,26,27). The van der Waals surface area contributed by atoms with Crippen LogP contribution in [0.4, 0.5) is 10.1 Å². The molecular weight excluding hydrogens is 400 g/mol. The first kappa shape index (κ1) is 18.5. The summed E-state index contributed by atoms with van der Waals surface area (Å²) in [6, 6.07) is 16.9. The van der Waals surface area contributed by atoms with Crippen LogP contribution < -0.4 is 10.1 Å². The van der Waals surface area contributed by atoms with Crippen LogP contribution in [0.5, 0.6) is 5.75 Å². The molecule has 0 bridgehead atoms. The molecule has 1 amide bonds. The van der Waals surface area contributed by atoms with E-state index < -0.39 is 0 Å². The average Bonchev–Trinajstić information content (AvgIpc) is 2.97. The molecule has 0 aromatic heterocycles. The first-order valence-electron chi connectivity index (χ1n) is 8.50. The molecule has 0 aliphatic carbocycles. The Morgan fingerprint density at radius 3 is 2.50 bits per heavy atom. The van der Waals surface area contributed by atoms with E-state index in [1.807, 2.05) is 24.3 Å². The van der Waals surface area contributed by atoms with Crippen LogP contribution in [0.2, 0.25) is 10.0 Å². The van der Waals surface area contributed by atoms with Crippen LogP contribution in [-0.4, -0.2) is 5.91 Å². The Morgan fingerprint density at radius 1 is 1.00 bits per heavy atom. The zero-order chi connectivity index (χ0) is 19.7. The number of hydrogen-bond acceptors (Lipinski definition) is 2. The van der Waals surface area contributed by atoms with E-state index in [9.17, 15) is 9.18 Å². The Balaban J connectivity index is 1.60. The quantitative estimate of drug-likeness (QED) is 0.516. The summed E-state index contributed by atoms with van der Waals surface area (Å²) in [7, 11) is 0. The van der Waals surface area contributed by atoms with Gasteiger partial charge in [0.25, 0.3) is 5.91 Å². The molecule has 3 aromatic rings. The molecule has 0 saturated heterocycles. The van der Waals surface area contributed by atoms with Gasteiger partial charge in [-0.15, -0.1) is 0 Å². The third-order valence-electron chi connectivity index (χ3n) is 4.31. The maximum Gasteiger partial charge on any atom is 0.256 e. The predicted octanol–water partition coefficient (Wildman–Crippen LogP) is 6.20. The lowest BCUT2D eigenvalue weighted by atomic mass is 10.0. The van der Waals surface area contributed by atoms with Crippen molar-refractivity contribution in [1.29, 1.82) is 0 Å². The molecule has 0 unspecified atom stereocenters. The van der Waals surface area contributed by atoms with Crippen molar-refractivity contribution in [3.05, 3.63) is 93.2 Å². The van der Waals surface area contributed by atoms with E-state index in [1.54, 1.807) is 30.3 Å². The highest BCUT2D eigenvalue weighted by molar-refractivity contribution is 6.38. The number of carbonyl (C=O) groups excluding carboxylic acids is 1. The largest absolute Gasteiger partial charge is 0.486 e. The fraction of sp³-hybridized carbons (Fsp3) is 0.0455. The van der Waals surface area contributed by atoms with Crippen LogP contribution in [0, 0.1) is 5.82 Å². The van der Waals surface area contributed by atoms with Gasteiger partial charge in [0.15, 0.2) is 5.75 Å². The fourth-order valence-corrected chi connectivity index (χ4v) is 3.64. The number of benzene rings is 3. The molecule has 0 spiro atoms. The highest BCUT2D eigenvalue weighted by atomic mass is 35.5. The minimum Gasteiger partial charge on any atom is -0.486 e. The summed E-state index contributed by atoms with van der Waals surface area (Å²) in [5.41, 5.74) is 3.47. The van der Waals surface area contributed by atoms with Gasteiger partial charge in [0, 0.05) is 16.8 Å². The van der Waals surface area contributed by atoms with E-state index >= 15 is 0 Å². The summed E-state index contributed by atoms with van der Waals surface area (Å²) in [5, 5.41) is 3.44. The number of ether oxygens (including phenoxy) is 1. The van der Waals surface area contributed by atoms with Gasteiger partial charge in [-0.3, -0.25) is 4.79 Å². The van der Waals surface area contributed by atoms with Crippen molar-refractivity contribution in [3.63, 3.8) is 0 Å². The molecule has 0 atom stereocenters. The molecule has 3 aromatic carbocycles. The van der Waals surface area contributed by atoms with Gasteiger partial charge < -0.3 is 10.1 Å². The summed E-state index contributed by atoms with van der Waals surface area (Å²) in [6.07, 6.45) is 1.73. The number of hydrogen-bond donors (Lipinski definition) is 1. The van der Waals surface area contributed by atoms with Crippen LogP contribution in [-0.2, 0) is 11.4 Å². The van der Waals surface area contributed by atoms with Crippen molar-refractivity contribution in [1.82, 2.24) is 0 Å². The van der Waals surface area contributed by atoms with E-state index in [4.69, 9.17) is 27.9 Å². The average molecular weight is 414 g/mol. The molecule has 6 heteroatoms. The third kappa shape index (κ3) is 3.75. The number of nitrogens with one attached hydrogen (secondary N) is 1. The molecule has 0 saturated carbocycles. The number of halogens is 3. The van der Waals surface area contributed by atoms with E-state index in [0.717, 1.165) is 11.3 Å². The van der Waals surface area contributed by atoms with Gasteiger partial charge in [-0.05, 0) is 47.5 Å². The van der Waals surface area contributed by atoms with Crippen LogP contribution in [0.15, 0.2) is 60.7 Å². The van der Waals surface area contributed by atoms with Gasteiger partial charge in [-0.1, -0.05) is 53.5 Å². The van der Waals surface area contributed by atoms with Crippen molar-refractivity contribution in [2.75, 3.05) is 5.32 Å². The normalized spacial score (nSPS) is 14.1. The second kappa shape index (κ2) is 7.66. The molecule has 1 aliphatic rings. The molecule has 1 aliphatic heterocycles. The minimum absolute atomic E-state index is 0.132. The number of anilines is 1. The summed E-state index contributed by atoms with van der Waals surface area (Å²) >= 11 is 12.7. The third-order valence-corrected chi connectivity index (χ3v) is 4.88. The molecule has 0 radical (unpaired) electrons. The zero-order valence-corrected chi connectivity index (χ0v) is 16.0. The summed E-state index contributed by atoms with van der Waals surface area (Å²) in [5.74, 6) is -0.207. The molecule has 140 valence electrons. The Kier molecular flexibility index (Phi) is 5.07. The van der Waals surface area contributed by atoms with Crippen LogP contribution in [0.1, 0.15) is 16.7 Å². The number of para-hydroxylation sites is 1. The van der Waals surface area contributed by atoms with E-state index in [1.165, 1.54) is 12.1 Å². The van der Waals surface area contributed by atoms with Crippen molar-refractivity contribution >= 4 is 46.4 Å². The van der Waals surface area contributed by atoms with Crippen molar-refractivity contribution in [2.24, 2.45) is 0 Å². The molecule has 3 nitrogen and oxygen atoms in total. The number of amides is 1. The lowest BCUT2D eigenvalue weighted by Gasteiger charge is -2.11. The summed E-state index contributed by atoms with van der Waals surface area (Å²) in [4.78, 5) is 12.3. The minimum atomic E-state index is -0.338. The van der Waals surface area contributed by atoms with E-state index in [-0.39, 0.29) is 18.3 Å². The molecule has 4 rings (SSSR count). The first-order valence-corrected chi connectivity index (χ1v) is 9.25. The zero-order valence-electron chi connectivity index (χ0n) is 14.5. The monoisotopic (exact) mass is 413 g/mol. The summed E-state index contributed by atoms with van der Waals surface area (Å²) < 4.78 is 19.0. The predicted molar refractivity (Wildman–Crippen MR) is 110 cm³/mol. The summed E-state index contributed by atoms with van der Waals surface area (Å²) in [6.45, 7) is 0.132. The Bertz CT molecular complexity index is 1090. The Labute approximate surface area is 171 Å². The van der Waals surface area contributed by atoms with Crippen LogP contribution in [0.25, 0.3) is 11.6 Å². The van der Waals surface area contributed by atoms with Crippen molar-refractivity contribution < 1.29 is 13.9 Å². The highest BCUT2D eigenvalue weighted by Crippen LogP contribution is 2.37. The van der Waals surface area contributed by atoms with Crippen LogP contribution >= 0.6 is 23.2 Å². The van der Waals surface area contributed by atoms with Gasteiger partial charge in [-0.25, -0.2) is 4.39 Å². The van der Waals surface area contributed by atoms with Gasteiger partial charge in [-0.2, -0.15) is 0 Å². The second-order valence-corrected chi connectivity index (χ2v) is 7.10. The maximum absolute atomic E-state index is 13.3. The maximum atomic E-state index is 13.3. The van der Waals surface area contributed by atoms with Gasteiger partial charge in [0.05, 0.1) is 10.0 Å². The molecule has 1 heterocycles. The van der Waals surface area contributed by atoms with Crippen molar-refractivity contribution in [3.8, 4) is 5.75 Å². The van der Waals surface area contributed by atoms with E-state index in [0.29, 0.717) is 32.5 Å². The number of rotatable bonds is 4. The van der Waals surface area contributed by atoms with Crippen LogP contribution in [0.3, 0.4) is 0 Å². The first-order chi connectivity index (χ1) is 13.5. The Morgan fingerprint density at radius 2 is 1.75 bits per heavy atom. The second-order valence-electron chi connectivity index (χ2n) is 6.29. The van der Waals surface area contributed by atoms with Gasteiger partial charge in [0.2, 0.25) is 0 Å². The fourth-order valence-electron chi connectivity index (χ4n) is 3.03. The van der Waals surface area contributed by atoms with Gasteiger partial charge >= 0.3 is 0 Å². The molecule has 1 N–H and O–H groups in total.